The van der Waals surface area contributed by atoms with E-state index in [0.29, 0.717) is 28.6 Å². The number of piperidine rings is 1. The molecule has 11 heteroatoms. The topological polar surface area (TPSA) is 99.9 Å². The summed E-state index contributed by atoms with van der Waals surface area (Å²) in [6, 6.07) is 6.77. The molecule has 2 atom stereocenters. The number of likely N-dealkylation sites (tertiary alicyclic amines) is 1. The molecule has 5 rings (SSSR count). The number of rotatable bonds is 6. The van der Waals surface area contributed by atoms with E-state index in [1.807, 2.05) is 21.7 Å². The standard InChI is InChI=1S/C26H33ClN6O3S/c1-17-9-11-31(15-17)25-18(2)16-33-24(29-25)13-22(30-33)23-6-4-5-10-32(23)26(34)21-12-20(27)8-7-19(21)14-28-37(3,35)36/h7-8,12-13,16-17,23,28H,4-6,9-11,14-15H2,1-3H3/t17-,23-/m0/s1. The van der Waals surface area contributed by atoms with Crippen molar-refractivity contribution in [3.63, 3.8) is 0 Å². The molecule has 0 bridgehead atoms. The number of carbonyl (C=O) groups is 1. The Morgan fingerprint density at radius 2 is 2.00 bits per heavy atom. The zero-order valence-corrected chi connectivity index (χ0v) is 23.0. The van der Waals surface area contributed by atoms with E-state index in [2.05, 4.69) is 23.5 Å². The number of amides is 1. The van der Waals surface area contributed by atoms with E-state index in [4.69, 9.17) is 21.7 Å². The van der Waals surface area contributed by atoms with Gasteiger partial charge in [-0.2, -0.15) is 5.10 Å². The number of carbonyl (C=O) groups excluding carboxylic acids is 1. The second-order valence-corrected chi connectivity index (χ2v) is 12.6. The number of hydrogen-bond donors (Lipinski definition) is 1. The quantitative estimate of drug-likeness (QED) is 0.504. The van der Waals surface area contributed by atoms with Crippen molar-refractivity contribution in [2.75, 3.05) is 30.8 Å². The number of fused-ring (bicyclic) bond motifs is 1. The number of aryl methyl sites for hydroxylation is 1. The van der Waals surface area contributed by atoms with Gasteiger partial charge in [-0.1, -0.05) is 24.6 Å². The first-order valence-electron chi connectivity index (χ1n) is 12.7. The molecule has 1 aromatic carbocycles. The van der Waals surface area contributed by atoms with Crippen molar-refractivity contribution < 1.29 is 13.2 Å². The summed E-state index contributed by atoms with van der Waals surface area (Å²) in [6.07, 6.45) is 6.96. The number of benzene rings is 1. The summed E-state index contributed by atoms with van der Waals surface area (Å²) < 4.78 is 27.6. The molecular weight excluding hydrogens is 512 g/mol. The zero-order chi connectivity index (χ0) is 26.3. The van der Waals surface area contributed by atoms with Gasteiger partial charge in [-0.3, -0.25) is 4.79 Å². The van der Waals surface area contributed by atoms with Crippen LogP contribution in [0.1, 0.15) is 65.8 Å². The minimum Gasteiger partial charge on any atom is -0.356 e. The van der Waals surface area contributed by atoms with Crippen molar-refractivity contribution in [1.82, 2.24) is 24.2 Å². The van der Waals surface area contributed by atoms with Gasteiger partial charge in [0.1, 0.15) is 5.82 Å². The van der Waals surface area contributed by atoms with Gasteiger partial charge < -0.3 is 9.80 Å². The third-order valence-corrected chi connectivity index (χ3v) is 8.18. The molecule has 2 aromatic heterocycles. The summed E-state index contributed by atoms with van der Waals surface area (Å²) in [4.78, 5) is 23.0. The van der Waals surface area contributed by atoms with Crippen molar-refractivity contribution in [1.29, 1.82) is 0 Å². The molecule has 0 saturated carbocycles. The number of aromatic nitrogens is 3. The van der Waals surface area contributed by atoms with Crippen LogP contribution in [0.4, 0.5) is 5.82 Å². The summed E-state index contributed by atoms with van der Waals surface area (Å²) in [5, 5.41) is 5.27. The smallest absolute Gasteiger partial charge is 0.254 e. The predicted molar refractivity (Wildman–Crippen MR) is 144 cm³/mol. The molecule has 0 unspecified atom stereocenters. The second-order valence-electron chi connectivity index (χ2n) is 10.4. The van der Waals surface area contributed by atoms with E-state index in [0.717, 1.165) is 61.3 Å². The fourth-order valence-corrected chi connectivity index (χ4v) is 5.97. The van der Waals surface area contributed by atoms with Gasteiger partial charge in [0.25, 0.3) is 5.91 Å². The van der Waals surface area contributed by atoms with Crippen LogP contribution >= 0.6 is 11.6 Å². The molecular formula is C26H33ClN6O3S. The maximum absolute atomic E-state index is 13.8. The number of nitrogens with one attached hydrogen (secondary N) is 1. The highest BCUT2D eigenvalue weighted by Gasteiger charge is 2.32. The van der Waals surface area contributed by atoms with E-state index >= 15 is 0 Å². The fourth-order valence-electron chi connectivity index (χ4n) is 5.38. The Labute approximate surface area is 222 Å². The minimum absolute atomic E-state index is 0.0189. The Kier molecular flexibility index (Phi) is 7.17. The van der Waals surface area contributed by atoms with Gasteiger partial charge in [0.15, 0.2) is 5.65 Å². The molecule has 198 valence electrons. The summed E-state index contributed by atoms with van der Waals surface area (Å²) in [5.41, 5.74) is 3.65. The van der Waals surface area contributed by atoms with Crippen LogP contribution in [0.2, 0.25) is 5.02 Å². The van der Waals surface area contributed by atoms with Crippen molar-refractivity contribution >= 4 is 39.0 Å². The molecule has 1 N–H and O–H groups in total. The van der Waals surface area contributed by atoms with Gasteiger partial charge in [0.2, 0.25) is 10.0 Å². The molecule has 2 saturated heterocycles. The van der Waals surface area contributed by atoms with Crippen molar-refractivity contribution in [2.24, 2.45) is 5.92 Å². The number of sulfonamides is 1. The lowest BCUT2D eigenvalue weighted by molar-refractivity contribution is 0.0604. The highest BCUT2D eigenvalue weighted by Crippen LogP contribution is 2.34. The fraction of sp³-hybridized carbons (Fsp3) is 0.500. The van der Waals surface area contributed by atoms with E-state index in [1.165, 1.54) is 6.42 Å². The first-order valence-corrected chi connectivity index (χ1v) is 15.0. The monoisotopic (exact) mass is 544 g/mol. The summed E-state index contributed by atoms with van der Waals surface area (Å²) in [6.45, 7) is 6.95. The van der Waals surface area contributed by atoms with Crippen LogP contribution in [-0.4, -0.2) is 59.7 Å². The lowest BCUT2D eigenvalue weighted by Crippen LogP contribution is -2.39. The molecule has 0 spiro atoms. The van der Waals surface area contributed by atoms with Crippen molar-refractivity contribution in [3.05, 3.63) is 57.9 Å². The van der Waals surface area contributed by atoms with Crippen LogP contribution in [0.3, 0.4) is 0 Å². The van der Waals surface area contributed by atoms with Crippen LogP contribution in [0.5, 0.6) is 0 Å². The number of anilines is 1. The third-order valence-electron chi connectivity index (χ3n) is 7.28. The van der Waals surface area contributed by atoms with Gasteiger partial charge in [-0.15, -0.1) is 0 Å². The van der Waals surface area contributed by atoms with E-state index in [1.54, 1.807) is 18.2 Å². The van der Waals surface area contributed by atoms with Crippen LogP contribution in [0.15, 0.2) is 30.5 Å². The largest absolute Gasteiger partial charge is 0.356 e. The molecule has 2 aliphatic rings. The lowest BCUT2D eigenvalue weighted by atomic mass is 9.97. The molecule has 0 aliphatic carbocycles. The molecule has 3 aromatic rings. The summed E-state index contributed by atoms with van der Waals surface area (Å²) >= 11 is 6.25. The number of nitrogens with zero attached hydrogens (tertiary/aromatic N) is 5. The Balaban J connectivity index is 1.46. The van der Waals surface area contributed by atoms with Gasteiger partial charge in [0.05, 0.1) is 18.0 Å². The SMILES string of the molecule is Cc1cn2nc([C@@H]3CCCCN3C(=O)c3cc(Cl)ccc3CNS(C)(=O)=O)cc2nc1N1CC[C@H](C)C1. The highest BCUT2D eigenvalue weighted by molar-refractivity contribution is 7.88. The zero-order valence-electron chi connectivity index (χ0n) is 21.4. The van der Waals surface area contributed by atoms with Crippen LogP contribution in [-0.2, 0) is 16.6 Å². The molecule has 4 heterocycles. The van der Waals surface area contributed by atoms with E-state index in [9.17, 15) is 13.2 Å². The Morgan fingerprint density at radius 3 is 2.73 bits per heavy atom. The molecule has 2 fully saturated rings. The maximum Gasteiger partial charge on any atom is 0.254 e. The van der Waals surface area contributed by atoms with Gasteiger partial charge >= 0.3 is 0 Å². The van der Waals surface area contributed by atoms with Crippen LogP contribution in [0.25, 0.3) is 5.65 Å². The first kappa shape index (κ1) is 25.9. The molecule has 0 radical (unpaired) electrons. The molecule has 9 nitrogen and oxygen atoms in total. The molecule has 2 aliphatic heterocycles. The predicted octanol–water partition coefficient (Wildman–Crippen LogP) is 3.95. The van der Waals surface area contributed by atoms with E-state index in [-0.39, 0.29) is 18.5 Å². The molecule has 1 amide bonds. The van der Waals surface area contributed by atoms with E-state index < -0.39 is 10.0 Å². The lowest BCUT2D eigenvalue weighted by Gasteiger charge is -2.35. The highest BCUT2D eigenvalue weighted by atomic mass is 35.5. The third kappa shape index (κ3) is 5.61. The number of halogens is 1. The van der Waals surface area contributed by atoms with Gasteiger partial charge in [-0.05, 0) is 56.2 Å². The average molecular weight is 545 g/mol. The summed E-state index contributed by atoms with van der Waals surface area (Å²) in [5.74, 6) is 1.48. The van der Waals surface area contributed by atoms with Crippen molar-refractivity contribution in [3.8, 4) is 0 Å². The van der Waals surface area contributed by atoms with Gasteiger partial charge in [-0.25, -0.2) is 22.6 Å². The Morgan fingerprint density at radius 1 is 1.19 bits per heavy atom. The van der Waals surface area contributed by atoms with Crippen LogP contribution < -0.4 is 9.62 Å². The second kappa shape index (κ2) is 10.2. The summed E-state index contributed by atoms with van der Waals surface area (Å²) in [7, 11) is -3.42. The Bertz CT molecular complexity index is 1440. The maximum atomic E-state index is 13.8. The van der Waals surface area contributed by atoms with Crippen LogP contribution in [0, 0.1) is 12.8 Å². The average Bonchev–Trinajstić information content (AvgIpc) is 3.47. The van der Waals surface area contributed by atoms with Gasteiger partial charge in [0, 0.05) is 54.6 Å². The number of hydrogen-bond acceptors (Lipinski definition) is 6. The van der Waals surface area contributed by atoms with Crippen molar-refractivity contribution in [2.45, 2.75) is 52.1 Å². The first-order chi connectivity index (χ1) is 17.6. The molecule has 37 heavy (non-hydrogen) atoms. The Hall–Kier alpha value is -2.69. The normalized spacial score (nSPS) is 20.6. The minimum atomic E-state index is -3.42.